The Balaban J connectivity index is 1.67. The van der Waals surface area contributed by atoms with Crippen molar-refractivity contribution in [2.24, 2.45) is 0 Å². The van der Waals surface area contributed by atoms with E-state index in [1.807, 2.05) is 11.8 Å². The van der Waals surface area contributed by atoms with Crippen LogP contribution in [0.3, 0.4) is 0 Å². The van der Waals surface area contributed by atoms with Crippen molar-refractivity contribution in [2.45, 2.75) is 36.5 Å². The first-order chi connectivity index (χ1) is 8.22. The van der Waals surface area contributed by atoms with Gasteiger partial charge in [0.25, 0.3) is 0 Å². The number of aryl methyl sites for hydroxylation is 1. The Labute approximate surface area is 116 Å². The fourth-order valence-electron chi connectivity index (χ4n) is 2.70. The number of fused-ring (bicyclic) bond motifs is 1. The number of hydrogen-bond donors (Lipinski definition) is 1. The van der Waals surface area contributed by atoms with Crippen LogP contribution in [0.15, 0.2) is 22.7 Å². The lowest BCUT2D eigenvalue weighted by molar-refractivity contribution is 0.524. The van der Waals surface area contributed by atoms with Crippen LogP contribution >= 0.6 is 27.7 Å². The molecular formula is C14H18BrNS. The number of benzene rings is 1. The molecule has 0 heterocycles. The second kappa shape index (κ2) is 4.60. The highest BCUT2D eigenvalue weighted by Crippen LogP contribution is 2.47. The monoisotopic (exact) mass is 311 g/mol. The zero-order chi connectivity index (χ0) is 11.9. The highest BCUT2D eigenvalue weighted by atomic mass is 79.9. The van der Waals surface area contributed by atoms with E-state index < -0.39 is 0 Å². The van der Waals surface area contributed by atoms with Gasteiger partial charge in [-0.2, -0.15) is 11.8 Å². The third kappa shape index (κ3) is 2.42. The first kappa shape index (κ1) is 12.1. The van der Waals surface area contributed by atoms with E-state index in [0.29, 0.717) is 10.8 Å². The second-order valence-corrected chi connectivity index (χ2v) is 7.39. The standard InChI is InChI=1S/C14H18BrNS/c1-17-14(6-7-14)9-16-13-5-2-10-8-11(15)3-4-12(10)13/h3-4,8,13,16H,2,5-7,9H2,1H3. The molecule has 2 aliphatic carbocycles. The highest BCUT2D eigenvalue weighted by molar-refractivity contribution is 9.10. The van der Waals surface area contributed by atoms with Gasteiger partial charge in [-0.15, -0.1) is 0 Å². The van der Waals surface area contributed by atoms with Gasteiger partial charge >= 0.3 is 0 Å². The summed E-state index contributed by atoms with van der Waals surface area (Å²) in [5.74, 6) is 0. The van der Waals surface area contributed by atoms with Gasteiger partial charge in [0.1, 0.15) is 0 Å². The molecule has 1 aromatic carbocycles. The molecule has 2 aliphatic rings. The van der Waals surface area contributed by atoms with E-state index in [1.54, 1.807) is 0 Å². The average molecular weight is 312 g/mol. The maximum atomic E-state index is 3.77. The summed E-state index contributed by atoms with van der Waals surface area (Å²) in [7, 11) is 0. The molecule has 1 fully saturated rings. The SMILES string of the molecule is CSC1(CNC2CCc3cc(Br)ccc32)CC1. The molecule has 1 saturated carbocycles. The predicted molar refractivity (Wildman–Crippen MR) is 78.7 cm³/mol. The molecule has 17 heavy (non-hydrogen) atoms. The number of thioether (sulfide) groups is 1. The molecule has 0 spiro atoms. The lowest BCUT2D eigenvalue weighted by Gasteiger charge is -2.18. The fourth-order valence-corrected chi connectivity index (χ4v) is 3.85. The average Bonchev–Trinajstić information content (AvgIpc) is 3.02. The summed E-state index contributed by atoms with van der Waals surface area (Å²) < 4.78 is 1.78. The zero-order valence-corrected chi connectivity index (χ0v) is 12.5. The molecule has 0 radical (unpaired) electrons. The minimum Gasteiger partial charge on any atom is -0.309 e. The summed E-state index contributed by atoms with van der Waals surface area (Å²) in [4.78, 5) is 0. The topological polar surface area (TPSA) is 12.0 Å². The van der Waals surface area contributed by atoms with Crippen molar-refractivity contribution in [1.82, 2.24) is 5.32 Å². The van der Waals surface area contributed by atoms with Crippen LogP contribution in [0.1, 0.15) is 36.4 Å². The molecule has 0 aliphatic heterocycles. The van der Waals surface area contributed by atoms with Gasteiger partial charge in [-0.3, -0.25) is 0 Å². The minimum absolute atomic E-state index is 0.568. The Morgan fingerprint density at radius 3 is 3.00 bits per heavy atom. The van der Waals surface area contributed by atoms with E-state index in [4.69, 9.17) is 0 Å². The van der Waals surface area contributed by atoms with E-state index >= 15 is 0 Å². The van der Waals surface area contributed by atoms with E-state index in [-0.39, 0.29) is 0 Å². The minimum atomic E-state index is 0.568. The molecule has 92 valence electrons. The maximum Gasteiger partial charge on any atom is 0.0326 e. The third-order valence-electron chi connectivity index (χ3n) is 4.09. The summed E-state index contributed by atoms with van der Waals surface area (Å²) in [5, 5.41) is 3.77. The molecule has 0 amide bonds. The summed E-state index contributed by atoms with van der Waals surface area (Å²) >= 11 is 5.59. The first-order valence-corrected chi connectivity index (χ1v) is 8.31. The Morgan fingerprint density at radius 1 is 1.47 bits per heavy atom. The molecule has 1 nitrogen and oxygen atoms in total. The van der Waals surface area contributed by atoms with E-state index in [0.717, 1.165) is 0 Å². The lowest BCUT2D eigenvalue weighted by atomic mass is 10.1. The smallest absolute Gasteiger partial charge is 0.0326 e. The molecule has 3 rings (SSSR count). The predicted octanol–water partition coefficient (Wildman–Crippen LogP) is 3.92. The molecule has 1 atom stereocenters. The first-order valence-electron chi connectivity index (χ1n) is 6.29. The van der Waals surface area contributed by atoms with Crippen molar-refractivity contribution < 1.29 is 0 Å². The Kier molecular flexibility index (Phi) is 3.26. The summed E-state index contributed by atoms with van der Waals surface area (Å²) in [5.41, 5.74) is 3.04. The van der Waals surface area contributed by atoms with E-state index in [9.17, 15) is 0 Å². The maximum absolute atomic E-state index is 3.77. The van der Waals surface area contributed by atoms with Crippen molar-refractivity contribution in [3.8, 4) is 0 Å². The highest BCUT2D eigenvalue weighted by Gasteiger charge is 2.42. The summed E-state index contributed by atoms with van der Waals surface area (Å²) in [6.45, 7) is 1.17. The van der Waals surface area contributed by atoms with Crippen LogP contribution in [0.25, 0.3) is 0 Å². The number of hydrogen-bond acceptors (Lipinski definition) is 2. The molecule has 3 heteroatoms. The molecule has 1 unspecified atom stereocenters. The van der Waals surface area contributed by atoms with E-state index in [2.05, 4.69) is 45.7 Å². The van der Waals surface area contributed by atoms with Gasteiger partial charge in [0.05, 0.1) is 0 Å². The van der Waals surface area contributed by atoms with Gasteiger partial charge in [0.15, 0.2) is 0 Å². The second-order valence-electron chi connectivity index (χ2n) is 5.20. The van der Waals surface area contributed by atoms with Crippen LogP contribution in [0, 0.1) is 0 Å². The largest absolute Gasteiger partial charge is 0.309 e. The molecular weight excluding hydrogens is 294 g/mol. The van der Waals surface area contributed by atoms with E-state index in [1.165, 1.54) is 47.8 Å². The van der Waals surface area contributed by atoms with Crippen LogP contribution in [-0.2, 0) is 6.42 Å². The Hall–Kier alpha value is 0.01000. The Bertz CT molecular complexity index is 428. The fraction of sp³-hybridized carbons (Fsp3) is 0.571. The van der Waals surface area contributed by atoms with Crippen LogP contribution in [-0.4, -0.2) is 17.5 Å². The van der Waals surface area contributed by atoms with Gasteiger partial charge in [0, 0.05) is 21.8 Å². The van der Waals surface area contributed by atoms with Gasteiger partial charge in [-0.05, 0) is 55.2 Å². The van der Waals surface area contributed by atoms with Crippen LogP contribution in [0.4, 0.5) is 0 Å². The molecule has 1 aromatic rings. The van der Waals surface area contributed by atoms with Gasteiger partial charge in [0.2, 0.25) is 0 Å². The van der Waals surface area contributed by atoms with Crippen molar-refractivity contribution in [3.63, 3.8) is 0 Å². The summed E-state index contributed by atoms with van der Waals surface area (Å²) in [6, 6.07) is 7.31. The number of rotatable bonds is 4. The normalized spacial score (nSPS) is 24.7. The number of nitrogens with one attached hydrogen (secondary N) is 1. The van der Waals surface area contributed by atoms with Crippen LogP contribution < -0.4 is 5.32 Å². The van der Waals surface area contributed by atoms with Crippen molar-refractivity contribution >= 4 is 27.7 Å². The zero-order valence-electron chi connectivity index (χ0n) is 10.1. The lowest BCUT2D eigenvalue weighted by Crippen LogP contribution is -2.28. The summed E-state index contributed by atoms with van der Waals surface area (Å²) in [6.07, 6.45) is 7.51. The van der Waals surface area contributed by atoms with Crippen molar-refractivity contribution in [1.29, 1.82) is 0 Å². The molecule has 0 saturated heterocycles. The molecule has 0 aromatic heterocycles. The Morgan fingerprint density at radius 2 is 2.29 bits per heavy atom. The van der Waals surface area contributed by atoms with Crippen molar-refractivity contribution in [3.05, 3.63) is 33.8 Å². The van der Waals surface area contributed by atoms with Gasteiger partial charge in [-0.25, -0.2) is 0 Å². The third-order valence-corrected chi connectivity index (χ3v) is 6.01. The molecule has 0 bridgehead atoms. The van der Waals surface area contributed by atoms with Crippen LogP contribution in [0.2, 0.25) is 0 Å². The van der Waals surface area contributed by atoms with Crippen molar-refractivity contribution in [2.75, 3.05) is 12.8 Å². The van der Waals surface area contributed by atoms with Gasteiger partial charge < -0.3 is 5.32 Å². The van der Waals surface area contributed by atoms with Crippen LogP contribution in [0.5, 0.6) is 0 Å². The van der Waals surface area contributed by atoms with Gasteiger partial charge in [-0.1, -0.05) is 22.0 Å². The molecule has 1 N–H and O–H groups in total. The quantitative estimate of drug-likeness (QED) is 0.904. The number of halogens is 1.